The molecule has 6 rings (SSSR count). The van der Waals surface area contributed by atoms with E-state index in [9.17, 15) is 14.9 Å². The number of rotatable bonds is 7. The van der Waals surface area contributed by atoms with Gasteiger partial charge in [0.25, 0.3) is 11.9 Å². The van der Waals surface area contributed by atoms with Crippen molar-refractivity contribution in [2.75, 3.05) is 25.5 Å². The van der Waals surface area contributed by atoms with Gasteiger partial charge in [0.05, 0.1) is 12.5 Å². The number of para-hydroxylation sites is 1. The van der Waals surface area contributed by atoms with Crippen molar-refractivity contribution in [3.05, 3.63) is 112 Å². The molecule has 0 saturated carbocycles. The van der Waals surface area contributed by atoms with E-state index >= 15 is 0 Å². The Morgan fingerprint density at radius 1 is 0.974 bits per heavy atom. The number of anilines is 1. The number of carbonyl (C=O) groups is 1. The molecule has 198 valence electrons. The third kappa shape index (κ3) is 3.99. The molecule has 0 aromatic heterocycles. The van der Waals surface area contributed by atoms with Crippen LogP contribution in [0.5, 0.6) is 11.5 Å². The van der Waals surface area contributed by atoms with E-state index in [0.717, 1.165) is 16.5 Å². The van der Waals surface area contributed by atoms with Crippen LogP contribution in [0.4, 0.5) is 5.69 Å². The fourth-order valence-corrected chi connectivity index (χ4v) is 6.21. The molecule has 1 amide bonds. The fraction of sp³-hybridized carbons (Fsp3) is 0.258. The van der Waals surface area contributed by atoms with Crippen LogP contribution in [-0.2, 0) is 16.9 Å². The largest absolute Gasteiger partial charge is 0.490 e. The second kappa shape index (κ2) is 9.71. The number of likely N-dealkylation sites (N-methyl/N-ethyl adjacent to an activating group) is 1. The average Bonchev–Trinajstić information content (AvgIpc) is 3.42. The minimum absolute atomic E-state index is 0.305. The van der Waals surface area contributed by atoms with Crippen molar-refractivity contribution in [1.29, 1.82) is 0 Å². The predicted molar refractivity (Wildman–Crippen MR) is 149 cm³/mol. The van der Waals surface area contributed by atoms with Crippen LogP contribution in [0.25, 0.3) is 10.8 Å². The van der Waals surface area contributed by atoms with Crippen molar-refractivity contribution in [3.63, 3.8) is 0 Å². The number of nitrogens with one attached hydrogen (secondary N) is 1. The lowest BCUT2D eigenvalue weighted by molar-refractivity contribution is -0.534. The minimum Gasteiger partial charge on any atom is -0.490 e. The predicted octanol–water partition coefficient (Wildman–Crippen LogP) is 5.34. The maximum atomic E-state index is 13.4. The lowest BCUT2D eigenvalue weighted by Gasteiger charge is -2.30. The van der Waals surface area contributed by atoms with Gasteiger partial charge in [0, 0.05) is 22.7 Å². The van der Waals surface area contributed by atoms with Crippen molar-refractivity contribution >= 4 is 22.4 Å². The summed E-state index contributed by atoms with van der Waals surface area (Å²) in [6.07, 6.45) is 0. The van der Waals surface area contributed by atoms with Gasteiger partial charge in [-0.2, -0.15) is 0 Å². The molecule has 4 aromatic rings. The number of fused-ring (bicyclic) bond motifs is 3. The first-order valence-electron chi connectivity index (χ1n) is 13.1. The highest BCUT2D eigenvalue weighted by molar-refractivity contribution is 6.06. The molecule has 1 N–H and O–H groups in total. The van der Waals surface area contributed by atoms with Crippen LogP contribution in [-0.4, -0.2) is 42.0 Å². The average molecular weight is 524 g/mol. The molecule has 39 heavy (non-hydrogen) atoms. The van der Waals surface area contributed by atoms with Gasteiger partial charge >= 0.3 is 0 Å². The zero-order valence-electron chi connectivity index (χ0n) is 21.8. The van der Waals surface area contributed by atoms with Crippen LogP contribution < -0.4 is 14.8 Å². The summed E-state index contributed by atoms with van der Waals surface area (Å²) in [5, 5.41) is 17.8. The highest BCUT2D eigenvalue weighted by Gasteiger charge is 2.68. The molecule has 0 aliphatic carbocycles. The maximum absolute atomic E-state index is 13.4. The molecule has 8 heteroatoms. The summed E-state index contributed by atoms with van der Waals surface area (Å²) in [6, 6.07) is 25.9. The van der Waals surface area contributed by atoms with Gasteiger partial charge in [-0.1, -0.05) is 60.7 Å². The summed E-state index contributed by atoms with van der Waals surface area (Å²) in [5.74, 6) is 0.195. The van der Waals surface area contributed by atoms with Crippen LogP contribution in [0.2, 0.25) is 0 Å². The van der Waals surface area contributed by atoms with Crippen LogP contribution in [0.15, 0.2) is 84.9 Å². The second-order valence-corrected chi connectivity index (χ2v) is 10.1. The highest BCUT2D eigenvalue weighted by atomic mass is 16.6. The van der Waals surface area contributed by atoms with Gasteiger partial charge in [-0.25, -0.2) is 0 Å². The normalized spacial score (nSPS) is 22.2. The Morgan fingerprint density at radius 2 is 1.74 bits per heavy atom. The van der Waals surface area contributed by atoms with Crippen LogP contribution in [0, 0.1) is 10.1 Å². The van der Waals surface area contributed by atoms with E-state index < -0.39 is 17.5 Å². The summed E-state index contributed by atoms with van der Waals surface area (Å²) < 4.78 is 12.1. The first-order valence-corrected chi connectivity index (χ1v) is 13.1. The Hall–Kier alpha value is -4.43. The molecule has 0 radical (unpaired) electrons. The monoisotopic (exact) mass is 523 g/mol. The standard InChI is InChI=1S/C31H29N3O5/c1-3-38-28-17-23(14-15-27(28)39-19-20-12-13-21-8-4-5-9-22(21)16-20)24-18-33(2)31(29(24)34(36)37)25-10-6-7-11-26(25)32-30(31)35/h4-17,24,29H,3,18-19H2,1-2H3,(H,32,35)/t24-,29+,31-/m0/s1. The van der Waals surface area contributed by atoms with Crippen molar-refractivity contribution < 1.29 is 19.2 Å². The number of amides is 1. The SMILES string of the molecule is CCOc1cc([C@@H]2CN(C)[C@]3(C(=O)Nc4ccccc43)[C@@H]2[N+](=O)[O-])ccc1OCc1ccc2ccccc2c1. The Morgan fingerprint density at radius 3 is 2.54 bits per heavy atom. The number of benzene rings is 4. The van der Waals surface area contributed by atoms with Crippen LogP contribution in [0.3, 0.4) is 0 Å². The lowest BCUT2D eigenvalue weighted by Crippen LogP contribution is -2.54. The van der Waals surface area contributed by atoms with E-state index in [0.29, 0.717) is 42.5 Å². The molecule has 0 bridgehead atoms. The molecule has 2 heterocycles. The maximum Gasteiger partial charge on any atom is 0.256 e. The van der Waals surface area contributed by atoms with Gasteiger partial charge in [0.1, 0.15) is 6.61 Å². The van der Waals surface area contributed by atoms with Gasteiger partial charge in [-0.15, -0.1) is 0 Å². The second-order valence-electron chi connectivity index (χ2n) is 10.1. The van der Waals surface area contributed by atoms with E-state index in [4.69, 9.17) is 9.47 Å². The summed E-state index contributed by atoms with van der Waals surface area (Å²) in [5.41, 5.74) is 1.64. The van der Waals surface area contributed by atoms with E-state index in [2.05, 4.69) is 29.6 Å². The molecule has 1 fully saturated rings. The quantitative estimate of drug-likeness (QED) is 0.260. The Kier molecular flexibility index (Phi) is 6.19. The molecule has 8 nitrogen and oxygen atoms in total. The van der Waals surface area contributed by atoms with Crippen molar-refractivity contribution in [1.82, 2.24) is 4.90 Å². The number of nitrogens with zero attached hydrogens (tertiary/aromatic N) is 2. The van der Waals surface area contributed by atoms with Crippen LogP contribution in [0.1, 0.15) is 29.5 Å². The Balaban J connectivity index is 1.32. The first kappa shape index (κ1) is 24.9. The highest BCUT2D eigenvalue weighted by Crippen LogP contribution is 2.52. The number of hydrogen-bond acceptors (Lipinski definition) is 6. The Bertz CT molecular complexity index is 1590. The lowest BCUT2D eigenvalue weighted by atomic mass is 9.79. The molecule has 2 aliphatic rings. The van der Waals surface area contributed by atoms with E-state index in [1.165, 1.54) is 5.39 Å². The van der Waals surface area contributed by atoms with Gasteiger partial charge in [0.2, 0.25) is 0 Å². The molecule has 3 atom stereocenters. The third-order valence-corrected chi connectivity index (χ3v) is 7.94. The molecule has 1 saturated heterocycles. The molecular formula is C31H29N3O5. The summed E-state index contributed by atoms with van der Waals surface area (Å²) in [6.45, 7) is 3.00. The zero-order valence-corrected chi connectivity index (χ0v) is 21.8. The smallest absolute Gasteiger partial charge is 0.256 e. The number of carbonyl (C=O) groups excluding carboxylic acids is 1. The first-order chi connectivity index (χ1) is 18.9. The van der Waals surface area contributed by atoms with Crippen molar-refractivity contribution in [3.8, 4) is 11.5 Å². The topological polar surface area (TPSA) is 93.9 Å². The molecular weight excluding hydrogens is 494 g/mol. The molecule has 1 spiro atoms. The minimum atomic E-state index is -1.39. The van der Waals surface area contributed by atoms with E-state index in [1.807, 2.05) is 60.4 Å². The number of likely N-dealkylation sites (tertiary alicyclic amines) is 1. The number of hydrogen-bond donors (Lipinski definition) is 1. The number of ether oxygens (including phenoxy) is 2. The molecule has 4 aromatic carbocycles. The van der Waals surface area contributed by atoms with Gasteiger partial charge in [-0.05, 0) is 60.1 Å². The Labute approximate surface area is 226 Å². The van der Waals surface area contributed by atoms with Gasteiger partial charge in [-0.3, -0.25) is 19.8 Å². The summed E-state index contributed by atoms with van der Waals surface area (Å²) in [4.78, 5) is 27.5. The van der Waals surface area contributed by atoms with E-state index in [1.54, 1.807) is 19.2 Å². The summed E-state index contributed by atoms with van der Waals surface area (Å²) >= 11 is 0. The van der Waals surface area contributed by atoms with Crippen molar-refractivity contribution in [2.24, 2.45) is 0 Å². The number of nitro groups is 1. The van der Waals surface area contributed by atoms with Crippen molar-refractivity contribution in [2.45, 2.75) is 31.0 Å². The van der Waals surface area contributed by atoms with E-state index in [-0.39, 0.29) is 10.8 Å². The van der Waals surface area contributed by atoms with Gasteiger partial charge in [0.15, 0.2) is 17.0 Å². The zero-order chi connectivity index (χ0) is 27.1. The molecule has 0 unspecified atom stereocenters. The fourth-order valence-electron chi connectivity index (χ4n) is 6.21. The van der Waals surface area contributed by atoms with Crippen LogP contribution >= 0.6 is 0 Å². The molecule has 2 aliphatic heterocycles. The van der Waals surface area contributed by atoms with Gasteiger partial charge < -0.3 is 14.8 Å². The third-order valence-electron chi connectivity index (χ3n) is 7.94. The summed E-state index contributed by atoms with van der Waals surface area (Å²) in [7, 11) is 1.78.